The van der Waals surface area contributed by atoms with Gasteiger partial charge in [0.1, 0.15) is 0 Å². The molecule has 6 nitrogen and oxygen atoms in total. The topological polar surface area (TPSA) is 106 Å². The van der Waals surface area contributed by atoms with Crippen LogP contribution in [0, 0.1) is 0 Å². The molecule has 1 aromatic carbocycles. The predicted molar refractivity (Wildman–Crippen MR) is 67.8 cm³/mol. The molecule has 3 N–H and O–H groups in total. The van der Waals surface area contributed by atoms with Crippen molar-refractivity contribution >= 4 is 20.0 Å². The third-order valence-corrected chi connectivity index (χ3v) is 4.45. The summed E-state index contributed by atoms with van der Waals surface area (Å²) in [6.07, 6.45) is 2.05. The second-order valence-corrected chi connectivity index (χ2v) is 6.82. The second kappa shape index (κ2) is 5.61. The van der Waals surface area contributed by atoms with E-state index in [-0.39, 0.29) is 16.3 Å². The van der Waals surface area contributed by atoms with Gasteiger partial charge in [0, 0.05) is 6.54 Å². The summed E-state index contributed by atoms with van der Waals surface area (Å²) in [5, 5.41) is 4.93. The number of sulfonamides is 2. The standard InChI is InChI=1S/C10H14N2O4S2/c1-2-3-7-12-18(15,16)10-6-4-5-9(8-10)17(11,13)14/h2,4-6,8,12H,1,3,7H2,(H2,11,13,14). The highest BCUT2D eigenvalue weighted by atomic mass is 32.2. The van der Waals surface area contributed by atoms with Crippen LogP contribution in [-0.4, -0.2) is 23.4 Å². The largest absolute Gasteiger partial charge is 0.240 e. The molecule has 1 rings (SSSR count). The van der Waals surface area contributed by atoms with Crippen molar-refractivity contribution in [2.75, 3.05) is 6.54 Å². The van der Waals surface area contributed by atoms with E-state index in [9.17, 15) is 16.8 Å². The quantitative estimate of drug-likeness (QED) is 0.576. The van der Waals surface area contributed by atoms with E-state index >= 15 is 0 Å². The fourth-order valence-corrected chi connectivity index (χ4v) is 2.92. The maximum atomic E-state index is 11.8. The van der Waals surface area contributed by atoms with Gasteiger partial charge >= 0.3 is 0 Å². The first-order valence-corrected chi connectivity index (χ1v) is 8.04. The maximum absolute atomic E-state index is 11.8. The fourth-order valence-electron chi connectivity index (χ4n) is 1.20. The Labute approximate surface area is 107 Å². The van der Waals surface area contributed by atoms with Crippen molar-refractivity contribution in [3.05, 3.63) is 36.9 Å². The van der Waals surface area contributed by atoms with Crippen LogP contribution < -0.4 is 9.86 Å². The minimum absolute atomic E-state index is 0.141. The molecular weight excluding hydrogens is 276 g/mol. The summed E-state index contributed by atoms with van der Waals surface area (Å²) in [4.78, 5) is -0.382. The van der Waals surface area contributed by atoms with Crippen LogP contribution >= 0.6 is 0 Å². The number of hydrogen-bond acceptors (Lipinski definition) is 4. The summed E-state index contributed by atoms with van der Waals surface area (Å²) in [7, 11) is -7.65. The lowest BCUT2D eigenvalue weighted by Crippen LogP contribution is -2.25. The molecule has 0 fully saturated rings. The van der Waals surface area contributed by atoms with E-state index in [2.05, 4.69) is 11.3 Å². The molecule has 0 bridgehead atoms. The molecule has 0 amide bonds. The molecule has 0 saturated heterocycles. The smallest absolute Gasteiger partial charge is 0.225 e. The van der Waals surface area contributed by atoms with Gasteiger partial charge in [-0.3, -0.25) is 0 Å². The molecule has 100 valence electrons. The Bertz CT molecular complexity index is 636. The Hall–Kier alpha value is -1.22. The van der Waals surface area contributed by atoms with Crippen LogP contribution in [0.25, 0.3) is 0 Å². The first-order valence-electron chi connectivity index (χ1n) is 5.01. The molecule has 0 radical (unpaired) electrons. The Morgan fingerprint density at radius 3 is 2.39 bits per heavy atom. The average molecular weight is 290 g/mol. The molecule has 0 aromatic heterocycles. The molecule has 0 unspecified atom stereocenters. The molecule has 0 spiro atoms. The Balaban J connectivity index is 3.07. The first kappa shape index (κ1) is 14.8. The van der Waals surface area contributed by atoms with Crippen molar-refractivity contribution in [2.45, 2.75) is 16.2 Å². The predicted octanol–water partition coefficient (Wildman–Crippen LogP) is 0.188. The summed E-state index contributed by atoms with van der Waals surface area (Å²) < 4.78 is 48.2. The molecular formula is C10H14N2O4S2. The van der Waals surface area contributed by atoms with E-state index in [4.69, 9.17) is 5.14 Å². The van der Waals surface area contributed by atoms with Gasteiger partial charge in [-0.1, -0.05) is 12.1 Å². The van der Waals surface area contributed by atoms with Crippen LogP contribution in [0.15, 0.2) is 46.7 Å². The Morgan fingerprint density at radius 2 is 1.83 bits per heavy atom. The van der Waals surface area contributed by atoms with Crippen molar-refractivity contribution in [2.24, 2.45) is 5.14 Å². The highest BCUT2D eigenvalue weighted by molar-refractivity contribution is 7.90. The van der Waals surface area contributed by atoms with Crippen molar-refractivity contribution in [1.29, 1.82) is 0 Å². The van der Waals surface area contributed by atoms with Crippen molar-refractivity contribution in [1.82, 2.24) is 4.72 Å². The van der Waals surface area contributed by atoms with Gasteiger partial charge in [-0.25, -0.2) is 26.7 Å². The SMILES string of the molecule is C=CCCNS(=O)(=O)c1cccc(S(N)(=O)=O)c1. The van der Waals surface area contributed by atoms with Crippen LogP contribution in [0.3, 0.4) is 0 Å². The van der Waals surface area contributed by atoms with Gasteiger partial charge < -0.3 is 0 Å². The third kappa shape index (κ3) is 3.91. The zero-order valence-electron chi connectivity index (χ0n) is 9.53. The van der Waals surface area contributed by atoms with Crippen LogP contribution in [0.2, 0.25) is 0 Å². The molecule has 1 aromatic rings. The lowest BCUT2D eigenvalue weighted by molar-refractivity contribution is 0.581. The molecule has 0 aliphatic rings. The van der Waals surface area contributed by atoms with E-state index in [1.807, 2.05) is 0 Å². The van der Waals surface area contributed by atoms with Crippen molar-refractivity contribution < 1.29 is 16.8 Å². The minimum Gasteiger partial charge on any atom is -0.225 e. The number of nitrogens with two attached hydrogens (primary N) is 1. The van der Waals surface area contributed by atoms with E-state index in [1.54, 1.807) is 6.08 Å². The molecule has 8 heteroatoms. The molecule has 18 heavy (non-hydrogen) atoms. The monoisotopic (exact) mass is 290 g/mol. The molecule has 0 aliphatic heterocycles. The van der Waals surface area contributed by atoms with E-state index in [1.165, 1.54) is 18.2 Å². The summed E-state index contributed by atoms with van der Waals surface area (Å²) >= 11 is 0. The maximum Gasteiger partial charge on any atom is 0.240 e. The fraction of sp³-hybridized carbons (Fsp3) is 0.200. The van der Waals surface area contributed by atoms with Gasteiger partial charge in [0.15, 0.2) is 0 Å². The van der Waals surface area contributed by atoms with Gasteiger partial charge in [0.25, 0.3) is 0 Å². The molecule has 0 saturated carbocycles. The van der Waals surface area contributed by atoms with Gasteiger partial charge in [-0.15, -0.1) is 6.58 Å². The first-order chi connectivity index (χ1) is 8.27. The second-order valence-electron chi connectivity index (χ2n) is 3.49. The highest BCUT2D eigenvalue weighted by Crippen LogP contribution is 2.14. The van der Waals surface area contributed by atoms with E-state index in [0.29, 0.717) is 6.42 Å². The van der Waals surface area contributed by atoms with Crippen LogP contribution in [-0.2, 0) is 20.0 Å². The van der Waals surface area contributed by atoms with Gasteiger partial charge in [-0.05, 0) is 24.6 Å². The summed E-state index contributed by atoms with van der Waals surface area (Å²) in [5.74, 6) is 0. The number of rotatable bonds is 6. The van der Waals surface area contributed by atoms with Crippen LogP contribution in [0.4, 0.5) is 0 Å². The third-order valence-electron chi connectivity index (χ3n) is 2.08. The average Bonchev–Trinajstić information content (AvgIpc) is 2.28. The Morgan fingerprint density at radius 1 is 1.22 bits per heavy atom. The zero-order chi connectivity index (χ0) is 13.8. The van der Waals surface area contributed by atoms with Crippen LogP contribution in [0.5, 0.6) is 0 Å². The number of primary sulfonamides is 1. The van der Waals surface area contributed by atoms with E-state index in [0.717, 1.165) is 6.07 Å². The van der Waals surface area contributed by atoms with Gasteiger partial charge in [0.2, 0.25) is 20.0 Å². The van der Waals surface area contributed by atoms with Crippen molar-refractivity contribution in [3.8, 4) is 0 Å². The van der Waals surface area contributed by atoms with Crippen LogP contribution in [0.1, 0.15) is 6.42 Å². The molecule has 0 aliphatic carbocycles. The minimum atomic E-state index is -3.92. The summed E-state index contributed by atoms with van der Waals surface area (Å²) in [6, 6.07) is 4.87. The van der Waals surface area contributed by atoms with Gasteiger partial charge in [0.05, 0.1) is 9.79 Å². The Kier molecular flexibility index (Phi) is 4.63. The number of benzene rings is 1. The number of hydrogen-bond donors (Lipinski definition) is 2. The normalized spacial score (nSPS) is 12.3. The highest BCUT2D eigenvalue weighted by Gasteiger charge is 2.16. The summed E-state index contributed by atoms with van der Waals surface area (Å²) in [6.45, 7) is 3.67. The lowest BCUT2D eigenvalue weighted by Gasteiger charge is -2.06. The van der Waals surface area contributed by atoms with Crippen molar-refractivity contribution in [3.63, 3.8) is 0 Å². The molecule has 0 heterocycles. The molecule has 0 atom stereocenters. The number of nitrogens with one attached hydrogen (secondary N) is 1. The zero-order valence-corrected chi connectivity index (χ0v) is 11.2. The lowest BCUT2D eigenvalue weighted by atomic mass is 10.4. The van der Waals surface area contributed by atoms with E-state index < -0.39 is 20.0 Å². The van der Waals surface area contributed by atoms with Gasteiger partial charge in [-0.2, -0.15) is 0 Å². The summed E-state index contributed by atoms with van der Waals surface area (Å²) in [5.41, 5.74) is 0.